The number of rotatable bonds is 9. The summed E-state index contributed by atoms with van der Waals surface area (Å²) in [4.78, 5) is 38.5. The van der Waals surface area contributed by atoms with Crippen molar-refractivity contribution >= 4 is 29.2 Å². The van der Waals surface area contributed by atoms with Crippen molar-refractivity contribution in [3.8, 4) is 0 Å². The van der Waals surface area contributed by atoms with Crippen molar-refractivity contribution in [1.82, 2.24) is 10.5 Å². The Morgan fingerprint density at radius 2 is 2.06 bits per heavy atom. The molecule has 2 heterocycles. The minimum atomic E-state index is -0.533. The van der Waals surface area contributed by atoms with E-state index in [-0.39, 0.29) is 37.0 Å². The maximum absolute atomic E-state index is 13.7. The standard InChI is InChI=1S/C21H25FN4O5/c1-14-10-18(25-31-14)24-19(27)7-8-21(29)26(16-5-2-4-15(22)11-16)13-20(28)23-12-17-6-3-9-30-17/h2,4-5,10-11,17H,3,6-9,12-13H2,1H3,(H,23,28)(H,24,25,27)/t17-/m1/s1. The van der Waals surface area contributed by atoms with Gasteiger partial charge in [-0.1, -0.05) is 11.2 Å². The van der Waals surface area contributed by atoms with E-state index in [1.807, 2.05) is 0 Å². The Morgan fingerprint density at radius 1 is 1.23 bits per heavy atom. The largest absolute Gasteiger partial charge is 0.376 e. The maximum atomic E-state index is 13.7. The van der Waals surface area contributed by atoms with Gasteiger partial charge in [-0.25, -0.2) is 4.39 Å². The zero-order chi connectivity index (χ0) is 22.2. The number of amides is 3. The van der Waals surface area contributed by atoms with Gasteiger partial charge in [-0.05, 0) is 38.0 Å². The van der Waals surface area contributed by atoms with Crippen molar-refractivity contribution in [2.24, 2.45) is 0 Å². The van der Waals surface area contributed by atoms with Crippen LogP contribution in [-0.2, 0) is 19.1 Å². The molecule has 2 N–H and O–H groups in total. The molecule has 1 aliphatic rings. The van der Waals surface area contributed by atoms with E-state index >= 15 is 0 Å². The lowest BCUT2D eigenvalue weighted by Gasteiger charge is -2.23. The molecule has 3 amide bonds. The number of carbonyl (C=O) groups is 3. The topological polar surface area (TPSA) is 114 Å². The van der Waals surface area contributed by atoms with Crippen LogP contribution in [0.4, 0.5) is 15.9 Å². The maximum Gasteiger partial charge on any atom is 0.240 e. The highest BCUT2D eigenvalue weighted by Crippen LogP contribution is 2.18. The van der Waals surface area contributed by atoms with Gasteiger partial charge < -0.3 is 24.8 Å². The Labute approximate surface area is 178 Å². The van der Waals surface area contributed by atoms with E-state index in [0.717, 1.165) is 12.8 Å². The molecule has 1 aromatic heterocycles. The van der Waals surface area contributed by atoms with Crippen LogP contribution in [0.25, 0.3) is 0 Å². The molecule has 0 bridgehead atoms. The van der Waals surface area contributed by atoms with E-state index in [0.29, 0.717) is 18.9 Å². The fraction of sp³-hybridized carbons (Fsp3) is 0.429. The average molecular weight is 432 g/mol. The van der Waals surface area contributed by atoms with E-state index in [2.05, 4.69) is 15.8 Å². The Morgan fingerprint density at radius 3 is 2.74 bits per heavy atom. The van der Waals surface area contributed by atoms with Gasteiger partial charge in [-0.2, -0.15) is 0 Å². The minimum absolute atomic E-state index is 0.0360. The summed E-state index contributed by atoms with van der Waals surface area (Å²) in [6.45, 7) is 2.42. The highest BCUT2D eigenvalue weighted by atomic mass is 19.1. The zero-order valence-electron chi connectivity index (χ0n) is 17.2. The third-order valence-electron chi connectivity index (χ3n) is 4.73. The van der Waals surface area contributed by atoms with E-state index in [1.165, 1.54) is 29.2 Å². The first kappa shape index (κ1) is 22.4. The number of ether oxygens (including phenoxy) is 1. The van der Waals surface area contributed by atoms with Gasteiger partial charge >= 0.3 is 0 Å². The number of hydrogen-bond donors (Lipinski definition) is 2. The third-order valence-corrected chi connectivity index (χ3v) is 4.73. The Hall–Kier alpha value is -3.27. The second-order valence-corrected chi connectivity index (χ2v) is 7.27. The lowest BCUT2D eigenvalue weighted by Crippen LogP contribution is -2.43. The van der Waals surface area contributed by atoms with E-state index in [9.17, 15) is 18.8 Å². The van der Waals surface area contributed by atoms with Crippen LogP contribution in [0.15, 0.2) is 34.9 Å². The predicted octanol–water partition coefficient (Wildman–Crippen LogP) is 2.17. The summed E-state index contributed by atoms with van der Waals surface area (Å²) in [5.74, 6) is -1.04. The summed E-state index contributed by atoms with van der Waals surface area (Å²) in [6, 6.07) is 6.96. The van der Waals surface area contributed by atoms with Gasteiger partial charge in [0.15, 0.2) is 5.82 Å². The van der Waals surface area contributed by atoms with Crippen LogP contribution in [0, 0.1) is 12.7 Å². The normalized spacial score (nSPS) is 15.5. The molecule has 31 heavy (non-hydrogen) atoms. The van der Waals surface area contributed by atoms with Crippen molar-refractivity contribution in [2.45, 2.75) is 38.7 Å². The molecule has 2 aromatic rings. The molecule has 0 spiro atoms. The van der Waals surface area contributed by atoms with Crippen LogP contribution in [0.2, 0.25) is 0 Å². The quantitative estimate of drug-likeness (QED) is 0.628. The molecule has 0 saturated carbocycles. The Balaban J connectivity index is 1.58. The van der Waals surface area contributed by atoms with E-state index in [1.54, 1.807) is 13.0 Å². The molecule has 1 saturated heterocycles. The Kier molecular flexibility index (Phi) is 7.71. The van der Waals surface area contributed by atoms with Crippen molar-refractivity contribution in [1.29, 1.82) is 0 Å². The van der Waals surface area contributed by atoms with Gasteiger partial charge in [-0.15, -0.1) is 0 Å². The summed E-state index contributed by atoms with van der Waals surface area (Å²) in [6.07, 6.45) is 1.48. The molecule has 166 valence electrons. The second kappa shape index (κ2) is 10.7. The van der Waals surface area contributed by atoms with Crippen molar-refractivity contribution in [2.75, 3.05) is 29.9 Å². The minimum Gasteiger partial charge on any atom is -0.376 e. The van der Waals surface area contributed by atoms with E-state index in [4.69, 9.17) is 9.26 Å². The molecule has 10 heteroatoms. The van der Waals surface area contributed by atoms with Gasteiger partial charge in [0, 0.05) is 37.7 Å². The SMILES string of the molecule is Cc1cc(NC(=O)CCC(=O)N(CC(=O)NC[C@H]2CCCO2)c2cccc(F)c2)no1. The molecular weight excluding hydrogens is 407 g/mol. The fourth-order valence-corrected chi connectivity index (χ4v) is 3.19. The first-order chi connectivity index (χ1) is 14.9. The lowest BCUT2D eigenvalue weighted by molar-refractivity contribution is -0.125. The first-order valence-corrected chi connectivity index (χ1v) is 10.1. The van der Waals surface area contributed by atoms with Crippen LogP contribution >= 0.6 is 0 Å². The van der Waals surface area contributed by atoms with Gasteiger partial charge in [0.25, 0.3) is 0 Å². The van der Waals surface area contributed by atoms with Crippen molar-refractivity contribution in [3.05, 3.63) is 41.9 Å². The summed E-state index contributed by atoms with van der Waals surface area (Å²) in [7, 11) is 0. The highest BCUT2D eigenvalue weighted by Gasteiger charge is 2.22. The van der Waals surface area contributed by atoms with E-state index < -0.39 is 23.5 Å². The predicted molar refractivity (Wildman–Crippen MR) is 110 cm³/mol. The van der Waals surface area contributed by atoms with Crippen LogP contribution in [0.1, 0.15) is 31.4 Å². The molecule has 1 aliphatic heterocycles. The number of aromatic nitrogens is 1. The summed E-state index contributed by atoms with van der Waals surface area (Å²) >= 11 is 0. The van der Waals surface area contributed by atoms with Crippen LogP contribution in [0.3, 0.4) is 0 Å². The van der Waals surface area contributed by atoms with Crippen LogP contribution in [-0.4, -0.2) is 48.7 Å². The smallest absolute Gasteiger partial charge is 0.240 e. The number of halogens is 1. The second-order valence-electron chi connectivity index (χ2n) is 7.27. The Bertz CT molecular complexity index is 926. The average Bonchev–Trinajstić information content (AvgIpc) is 3.40. The number of carbonyl (C=O) groups excluding carboxylic acids is 3. The zero-order valence-corrected chi connectivity index (χ0v) is 17.2. The molecule has 0 aliphatic carbocycles. The molecule has 0 unspecified atom stereocenters. The lowest BCUT2D eigenvalue weighted by atomic mass is 10.2. The van der Waals surface area contributed by atoms with Gasteiger partial charge in [0.2, 0.25) is 17.7 Å². The van der Waals surface area contributed by atoms with Gasteiger partial charge in [-0.3, -0.25) is 14.4 Å². The monoisotopic (exact) mass is 432 g/mol. The van der Waals surface area contributed by atoms with Crippen molar-refractivity contribution in [3.63, 3.8) is 0 Å². The summed E-state index contributed by atoms with van der Waals surface area (Å²) in [5.41, 5.74) is 0.241. The molecule has 1 atom stereocenters. The molecule has 1 aromatic carbocycles. The molecule has 3 rings (SSSR count). The number of nitrogens with one attached hydrogen (secondary N) is 2. The fourth-order valence-electron chi connectivity index (χ4n) is 3.19. The number of aryl methyl sites for hydroxylation is 1. The van der Waals surface area contributed by atoms with Gasteiger partial charge in [0.1, 0.15) is 18.1 Å². The number of benzene rings is 1. The molecule has 9 nitrogen and oxygen atoms in total. The van der Waals surface area contributed by atoms with Crippen LogP contribution in [0.5, 0.6) is 0 Å². The number of anilines is 2. The third kappa shape index (κ3) is 6.88. The molecular formula is C21H25FN4O5. The molecule has 1 fully saturated rings. The molecule has 0 radical (unpaired) electrons. The summed E-state index contributed by atoms with van der Waals surface area (Å²) < 4.78 is 24.0. The van der Waals surface area contributed by atoms with Gasteiger partial charge in [0.05, 0.1) is 6.10 Å². The highest BCUT2D eigenvalue weighted by molar-refractivity contribution is 6.01. The first-order valence-electron chi connectivity index (χ1n) is 10.1. The summed E-state index contributed by atoms with van der Waals surface area (Å²) in [5, 5.41) is 8.94. The number of hydrogen-bond acceptors (Lipinski definition) is 6. The number of nitrogens with zero attached hydrogens (tertiary/aromatic N) is 2. The van der Waals surface area contributed by atoms with Crippen molar-refractivity contribution < 1.29 is 28.0 Å². The van der Waals surface area contributed by atoms with Crippen LogP contribution < -0.4 is 15.5 Å².